The summed E-state index contributed by atoms with van der Waals surface area (Å²) in [6.07, 6.45) is 0.197. The summed E-state index contributed by atoms with van der Waals surface area (Å²) in [7, 11) is 1.62. The molecule has 0 aliphatic heterocycles. The Kier molecular flexibility index (Phi) is 3.91. The molecule has 2 rings (SSSR count). The molecule has 1 aromatic carbocycles. The fourth-order valence-electron chi connectivity index (χ4n) is 1.35. The molecular weight excluding hydrogens is 248 g/mol. The fraction of sp³-hybridized carbons (Fsp3) is 0.273. The quantitative estimate of drug-likeness (QED) is 0.745. The maximum absolute atomic E-state index is 11.5. The van der Waals surface area contributed by atoms with E-state index in [1.807, 2.05) is 0 Å². The number of rotatable bonds is 5. The highest BCUT2D eigenvalue weighted by Crippen LogP contribution is 2.13. The molecule has 3 N–H and O–H groups in total. The molecule has 0 unspecified atom stereocenters. The minimum Gasteiger partial charge on any atom is -0.493 e. The summed E-state index contributed by atoms with van der Waals surface area (Å²) in [6.45, 7) is 0.260. The number of tetrazole rings is 1. The van der Waals surface area contributed by atoms with Crippen LogP contribution in [-0.4, -0.2) is 32.7 Å². The van der Waals surface area contributed by atoms with Gasteiger partial charge in [-0.15, -0.1) is 5.10 Å². The lowest BCUT2D eigenvalue weighted by Gasteiger charge is -2.05. The van der Waals surface area contributed by atoms with Crippen molar-refractivity contribution in [2.24, 2.45) is 7.05 Å². The van der Waals surface area contributed by atoms with Gasteiger partial charge in [0.25, 0.3) is 5.95 Å². The minimum absolute atomic E-state index is 0.181. The molecule has 0 aliphatic rings. The van der Waals surface area contributed by atoms with Gasteiger partial charge < -0.3 is 10.5 Å². The molecule has 0 radical (unpaired) electrons. The molecule has 0 saturated heterocycles. The Morgan fingerprint density at radius 2 is 2.16 bits per heavy atom. The summed E-state index contributed by atoms with van der Waals surface area (Å²) in [5.74, 6) is 0.614. The van der Waals surface area contributed by atoms with E-state index in [-0.39, 0.29) is 24.9 Å². The van der Waals surface area contributed by atoms with E-state index in [2.05, 4.69) is 20.7 Å². The minimum atomic E-state index is -0.233. The number of hydrogen-bond donors (Lipinski definition) is 2. The maximum Gasteiger partial charge on any atom is 0.270 e. The Labute approximate surface area is 109 Å². The molecule has 0 atom stereocenters. The summed E-state index contributed by atoms with van der Waals surface area (Å²) in [5.41, 5.74) is 6.22. The van der Waals surface area contributed by atoms with E-state index >= 15 is 0 Å². The number of nitrogens with zero attached hydrogens (tertiary/aromatic N) is 4. The number of aryl methyl sites for hydroxylation is 1. The number of benzene rings is 1. The normalized spacial score (nSPS) is 10.2. The van der Waals surface area contributed by atoms with Gasteiger partial charge in [-0.25, -0.2) is 0 Å². The van der Waals surface area contributed by atoms with Crippen molar-refractivity contribution in [1.29, 1.82) is 0 Å². The van der Waals surface area contributed by atoms with Gasteiger partial charge >= 0.3 is 0 Å². The van der Waals surface area contributed by atoms with Crippen molar-refractivity contribution < 1.29 is 9.53 Å². The fourth-order valence-corrected chi connectivity index (χ4v) is 1.35. The van der Waals surface area contributed by atoms with E-state index in [4.69, 9.17) is 10.5 Å². The highest BCUT2D eigenvalue weighted by molar-refractivity contribution is 5.88. The predicted molar refractivity (Wildman–Crippen MR) is 68.4 cm³/mol. The molecule has 19 heavy (non-hydrogen) atoms. The van der Waals surface area contributed by atoms with Gasteiger partial charge in [0.2, 0.25) is 5.91 Å². The highest BCUT2D eigenvalue weighted by Gasteiger charge is 2.06. The van der Waals surface area contributed by atoms with Crippen molar-refractivity contribution in [2.75, 3.05) is 17.7 Å². The first kappa shape index (κ1) is 12.8. The van der Waals surface area contributed by atoms with Crippen molar-refractivity contribution >= 4 is 17.5 Å². The zero-order valence-corrected chi connectivity index (χ0v) is 10.4. The van der Waals surface area contributed by atoms with Crippen molar-refractivity contribution in [3.8, 4) is 5.75 Å². The molecule has 1 amide bonds. The average Bonchev–Trinajstić information content (AvgIpc) is 2.77. The second-order valence-corrected chi connectivity index (χ2v) is 3.82. The summed E-state index contributed by atoms with van der Waals surface area (Å²) in [4.78, 5) is 12.8. The van der Waals surface area contributed by atoms with E-state index in [0.29, 0.717) is 11.4 Å². The first-order valence-electron chi connectivity index (χ1n) is 5.65. The van der Waals surface area contributed by atoms with Gasteiger partial charge in [-0.3, -0.25) is 10.1 Å². The van der Waals surface area contributed by atoms with Crippen LogP contribution in [0.3, 0.4) is 0 Å². The smallest absolute Gasteiger partial charge is 0.270 e. The summed E-state index contributed by atoms with van der Waals surface area (Å²) in [5, 5.41) is 13.6. The van der Waals surface area contributed by atoms with Crippen LogP contribution in [0.25, 0.3) is 0 Å². The van der Waals surface area contributed by atoms with Crippen molar-refractivity contribution in [3.05, 3.63) is 24.3 Å². The van der Waals surface area contributed by atoms with E-state index in [1.54, 1.807) is 31.3 Å². The third kappa shape index (κ3) is 3.95. The lowest BCUT2D eigenvalue weighted by Crippen LogP contribution is -2.16. The Bertz CT molecular complexity index is 551. The molecule has 0 fully saturated rings. The second-order valence-electron chi connectivity index (χ2n) is 3.82. The van der Waals surface area contributed by atoms with E-state index < -0.39 is 0 Å². The number of ether oxygens (including phenoxy) is 1. The Hall–Kier alpha value is -2.64. The van der Waals surface area contributed by atoms with Gasteiger partial charge in [-0.1, -0.05) is 5.10 Å². The molecule has 2 aromatic rings. The zero-order chi connectivity index (χ0) is 13.7. The van der Waals surface area contributed by atoms with Gasteiger partial charge in [-0.2, -0.15) is 4.80 Å². The van der Waals surface area contributed by atoms with Crippen LogP contribution in [0.5, 0.6) is 5.75 Å². The van der Waals surface area contributed by atoms with Crippen LogP contribution in [-0.2, 0) is 11.8 Å². The van der Waals surface area contributed by atoms with E-state index in [9.17, 15) is 4.79 Å². The number of anilines is 2. The molecule has 8 nitrogen and oxygen atoms in total. The second kappa shape index (κ2) is 5.80. The summed E-state index contributed by atoms with van der Waals surface area (Å²) < 4.78 is 5.40. The van der Waals surface area contributed by atoms with Gasteiger partial charge in [0.15, 0.2) is 0 Å². The van der Waals surface area contributed by atoms with Gasteiger partial charge in [0.05, 0.1) is 20.1 Å². The monoisotopic (exact) mass is 262 g/mol. The number of nitrogen functional groups attached to an aromatic ring is 1. The van der Waals surface area contributed by atoms with Crippen LogP contribution in [0, 0.1) is 0 Å². The van der Waals surface area contributed by atoms with E-state index in [1.165, 1.54) is 4.80 Å². The largest absolute Gasteiger partial charge is 0.493 e. The number of aromatic nitrogens is 4. The van der Waals surface area contributed by atoms with E-state index in [0.717, 1.165) is 0 Å². The lowest BCUT2D eigenvalue weighted by atomic mass is 10.3. The summed E-state index contributed by atoms with van der Waals surface area (Å²) in [6, 6.07) is 6.96. The van der Waals surface area contributed by atoms with Crippen LogP contribution in [0.1, 0.15) is 6.42 Å². The number of carbonyl (C=O) groups excluding carboxylic acids is 1. The zero-order valence-electron chi connectivity index (χ0n) is 10.4. The molecule has 1 heterocycles. The SMILES string of the molecule is Cn1nnc(NC(=O)CCOc2ccc(N)cc2)n1. The molecule has 0 saturated carbocycles. The predicted octanol–water partition coefficient (Wildman–Crippen LogP) is 0.200. The summed E-state index contributed by atoms with van der Waals surface area (Å²) >= 11 is 0. The Morgan fingerprint density at radius 1 is 1.42 bits per heavy atom. The number of hydrogen-bond acceptors (Lipinski definition) is 6. The van der Waals surface area contributed by atoms with Gasteiger partial charge in [0, 0.05) is 5.69 Å². The maximum atomic E-state index is 11.5. The molecular formula is C11H14N6O2. The first-order chi connectivity index (χ1) is 9.13. The van der Waals surface area contributed by atoms with Gasteiger partial charge in [-0.05, 0) is 29.5 Å². The Balaban J connectivity index is 1.73. The van der Waals surface area contributed by atoms with Crippen molar-refractivity contribution in [2.45, 2.75) is 6.42 Å². The Morgan fingerprint density at radius 3 is 2.79 bits per heavy atom. The van der Waals surface area contributed by atoms with Crippen LogP contribution in [0.4, 0.5) is 11.6 Å². The number of nitrogens with one attached hydrogen (secondary N) is 1. The van der Waals surface area contributed by atoms with Crippen molar-refractivity contribution in [3.63, 3.8) is 0 Å². The van der Waals surface area contributed by atoms with Crippen LogP contribution < -0.4 is 15.8 Å². The number of amides is 1. The van der Waals surface area contributed by atoms with Crippen molar-refractivity contribution in [1.82, 2.24) is 20.2 Å². The first-order valence-corrected chi connectivity index (χ1v) is 5.65. The molecule has 0 bridgehead atoms. The molecule has 1 aromatic heterocycles. The number of nitrogens with two attached hydrogens (primary N) is 1. The lowest BCUT2D eigenvalue weighted by molar-refractivity contribution is -0.116. The van der Waals surface area contributed by atoms with Crippen LogP contribution in [0.15, 0.2) is 24.3 Å². The van der Waals surface area contributed by atoms with Gasteiger partial charge in [0.1, 0.15) is 5.75 Å². The standard InChI is InChI=1S/C11H14N6O2/c1-17-15-11(14-16-17)13-10(18)6-7-19-9-4-2-8(12)3-5-9/h2-5H,6-7,12H2,1H3,(H,13,15,18). The highest BCUT2D eigenvalue weighted by atomic mass is 16.5. The molecule has 8 heteroatoms. The third-order valence-corrected chi connectivity index (χ3v) is 2.24. The van der Waals surface area contributed by atoms with Crippen LogP contribution in [0.2, 0.25) is 0 Å². The topological polar surface area (TPSA) is 108 Å². The molecule has 0 spiro atoms. The van der Waals surface area contributed by atoms with Crippen LogP contribution >= 0.6 is 0 Å². The third-order valence-electron chi connectivity index (χ3n) is 2.24. The molecule has 0 aliphatic carbocycles. The molecule has 100 valence electrons. The average molecular weight is 262 g/mol. The number of carbonyl (C=O) groups is 1.